The molecule has 2 rings (SSSR count). The van der Waals surface area contributed by atoms with Crippen LogP contribution in [0.15, 0.2) is 24.3 Å². The number of hydrogen-bond acceptors (Lipinski definition) is 3. The van der Waals surface area contributed by atoms with Gasteiger partial charge in [-0.2, -0.15) is 0 Å². The monoisotopic (exact) mass is 253 g/mol. The Hall–Kier alpha value is -2.11. The summed E-state index contributed by atoms with van der Waals surface area (Å²) in [7, 11) is 0. The molecule has 0 aromatic heterocycles. The van der Waals surface area contributed by atoms with Gasteiger partial charge < -0.3 is 9.84 Å². The highest BCUT2D eigenvalue weighted by atomic mass is 19.1. The Kier molecular flexibility index (Phi) is 3.45. The lowest BCUT2D eigenvalue weighted by Crippen LogP contribution is -2.42. The zero-order valence-corrected chi connectivity index (χ0v) is 9.51. The minimum Gasteiger partial charge on any atom is -0.481 e. The van der Waals surface area contributed by atoms with E-state index in [-0.39, 0.29) is 12.2 Å². The summed E-state index contributed by atoms with van der Waals surface area (Å²) < 4.78 is 17.8. The number of nitrogens with zero attached hydrogens (tertiary/aromatic N) is 1. The highest BCUT2D eigenvalue weighted by Gasteiger charge is 2.29. The molecule has 1 saturated heterocycles. The summed E-state index contributed by atoms with van der Waals surface area (Å²) >= 11 is 0. The molecule has 1 aromatic rings. The lowest BCUT2D eigenvalue weighted by molar-refractivity contribution is -0.139. The first kappa shape index (κ1) is 12.3. The van der Waals surface area contributed by atoms with E-state index in [9.17, 15) is 14.0 Å². The second kappa shape index (κ2) is 5.03. The largest absolute Gasteiger partial charge is 0.481 e. The van der Waals surface area contributed by atoms with Gasteiger partial charge in [0.2, 0.25) is 0 Å². The topological polar surface area (TPSA) is 66.8 Å². The maximum Gasteiger partial charge on any atom is 0.414 e. The maximum absolute atomic E-state index is 12.8. The molecule has 1 heterocycles. The van der Waals surface area contributed by atoms with Crippen molar-refractivity contribution in [3.63, 3.8) is 0 Å². The molecule has 0 spiro atoms. The average molecular weight is 253 g/mol. The molecule has 96 valence electrons. The van der Waals surface area contributed by atoms with Gasteiger partial charge in [0.15, 0.2) is 0 Å². The van der Waals surface area contributed by atoms with Crippen molar-refractivity contribution in [3.8, 4) is 0 Å². The second-order valence-corrected chi connectivity index (χ2v) is 4.02. The molecule has 1 aromatic carbocycles. The zero-order chi connectivity index (χ0) is 13.1. The van der Waals surface area contributed by atoms with Crippen LogP contribution in [0.1, 0.15) is 12.8 Å². The Bertz CT molecular complexity index is 460. The molecule has 1 unspecified atom stereocenters. The number of carbonyl (C=O) groups is 2. The first-order valence-electron chi connectivity index (χ1n) is 5.52. The molecular weight excluding hydrogens is 241 g/mol. The van der Waals surface area contributed by atoms with Crippen molar-refractivity contribution >= 4 is 17.7 Å². The number of carbonyl (C=O) groups excluding carboxylic acids is 1. The molecule has 5 nitrogen and oxygen atoms in total. The van der Waals surface area contributed by atoms with Crippen molar-refractivity contribution in [1.82, 2.24) is 0 Å². The van der Waals surface area contributed by atoms with Gasteiger partial charge >= 0.3 is 12.1 Å². The summed E-state index contributed by atoms with van der Waals surface area (Å²) in [6.07, 6.45) is -0.941. The molecule has 1 aliphatic rings. The average Bonchev–Trinajstić information content (AvgIpc) is 2.30. The van der Waals surface area contributed by atoms with E-state index in [1.165, 1.54) is 29.2 Å². The fraction of sp³-hybridized carbons (Fsp3) is 0.333. The molecule has 1 amide bonds. The Morgan fingerprint density at radius 1 is 1.44 bits per heavy atom. The summed E-state index contributed by atoms with van der Waals surface area (Å²) in [5.41, 5.74) is 0.537. The van der Waals surface area contributed by atoms with E-state index in [2.05, 4.69) is 0 Å². The molecule has 0 saturated carbocycles. The number of halogens is 1. The normalized spacial score (nSPS) is 19.5. The van der Waals surface area contributed by atoms with Crippen LogP contribution in [0.25, 0.3) is 0 Å². The molecule has 18 heavy (non-hydrogen) atoms. The van der Waals surface area contributed by atoms with E-state index in [4.69, 9.17) is 9.84 Å². The minimum absolute atomic E-state index is 0.191. The van der Waals surface area contributed by atoms with Gasteiger partial charge in [0, 0.05) is 18.7 Å². The highest BCUT2D eigenvalue weighted by molar-refractivity contribution is 5.88. The van der Waals surface area contributed by atoms with Gasteiger partial charge in [-0.15, -0.1) is 0 Å². The number of benzene rings is 1. The summed E-state index contributed by atoms with van der Waals surface area (Å²) in [5, 5.41) is 8.62. The molecule has 0 radical (unpaired) electrons. The van der Waals surface area contributed by atoms with Crippen molar-refractivity contribution < 1.29 is 23.8 Å². The van der Waals surface area contributed by atoms with E-state index < -0.39 is 18.2 Å². The number of carboxylic acids is 1. The van der Waals surface area contributed by atoms with Crippen LogP contribution in [0.3, 0.4) is 0 Å². The Morgan fingerprint density at radius 3 is 2.67 bits per heavy atom. The fourth-order valence-corrected chi connectivity index (χ4v) is 1.82. The highest BCUT2D eigenvalue weighted by Crippen LogP contribution is 2.22. The molecule has 0 aliphatic carbocycles. The number of ether oxygens (including phenoxy) is 1. The van der Waals surface area contributed by atoms with Crippen molar-refractivity contribution in [2.75, 3.05) is 11.4 Å². The van der Waals surface area contributed by atoms with E-state index >= 15 is 0 Å². The molecule has 1 aliphatic heterocycles. The van der Waals surface area contributed by atoms with Gasteiger partial charge in [-0.05, 0) is 24.3 Å². The van der Waals surface area contributed by atoms with Crippen molar-refractivity contribution in [2.24, 2.45) is 0 Å². The minimum atomic E-state index is -0.997. The number of rotatable bonds is 3. The standard InChI is InChI=1S/C12H12FNO4/c13-8-1-3-9(4-2-8)14-6-5-10(7-11(15)16)18-12(14)17/h1-4,10H,5-7H2,(H,15,16). The van der Waals surface area contributed by atoms with E-state index in [0.29, 0.717) is 18.7 Å². The smallest absolute Gasteiger partial charge is 0.414 e. The molecule has 0 bridgehead atoms. The van der Waals surface area contributed by atoms with Gasteiger partial charge in [-0.3, -0.25) is 9.69 Å². The predicted molar refractivity (Wildman–Crippen MR) is 60.9 cm³/mol. The van der Waals surface area contributed by atoms with Gasteiger partial charge in [-0.1, -0.05) is 0 Å². The summed E-state index contributed by atoms with van der Waals surface area (Å²) in [6, 6.07) is 5.47. The Labute approximate surface area is 103 Å². The lowest BCUT2D eigenvalue weighted by Gasteiger charge is -2.31. The second-order valence-electron chi connectivity index (χ2n) is 4.02. The first-order valence-corrected chi connectivity index (χ1v) is 5.52. The summed E-state index contributed by atoms with van der Waals surface area (Å²) in [6.45, 7) is 0.364. The SMILES string of the molecule is O=C(O)CC1CCN(c2ccc(F)cc2)C(=O)O1. The van der Waals surface area contributed by atoms with Gasteiger partial charge in [0.25, 0.3) is 0 Å². The molecule has 1 fully saturated rings. The number of aliphatic carboxylic acids is 1. The lowest BCUT2D eigenvalue weighted by atomic mass is 10.1. The number of anilines is 1. The van der Waals surface area contributed by atoms with Crippen molar-refractivity contribution in [2.45, 2.75) is 18.9 Å². The summed E-state index contributed by atoms with van der Waals surface area (Å²) in [4.78, 5) is 23.6. The van der Waals surface area contributed by atoms with Crippen molar-refractivity contribution in [1.29, 1.82) is 0 Å². The zero-order valence-electron chi connectivity index (χ0n) is 9.51. The van der Waals surface area contributed by atoms with Gasteiger partial charge in [-0.25, -0.2) is 9.18 Å². The number of cyclic esters (lactones) is 1. The molecule has 1 atom stereocenters. The first-order chi connectivity index (χ1) is 8.56. The number of hydrogen-bond donors (Lipinski definition) is 1. The van der Waals surface area contributed by atoms with Gasteiger partial charge in [0.05, 0.1) is 6.42 Å². The third-order valence-corrected chi connectivity index (χ3v) is 2.70. The van der Waals surface area contributed by atoms with Crippen LogP contribution in [0.4, 0.5) is 14.9 Å². The Morgan fingerprint density at radius 2 is 2.11 bits per heavy atom. The maximum atomic E-state index is 12.8. The van der Waals surface area contributed by atoms with Crippen LogP contribution in [0.5, 0.6) is 0 Å². The predicted octanol–water partition coefficient (Wildman–Crippen LogP) is 2.02. The van der Waals surface area contributed by atoms with Gasteiger partial charge in [0.1, 0.15) is 11.9 Å². The Balaban J connectivity index is 2.03. The van der Waals surface area contributed by atoms with Crippen LogP contribution < -0.4 is 4.90 Å². The third kappa shape index (κ3) is 2.77. The van der Waals surface area contributed by atoms with Crippen molar-refractivity contribution in [3.05, 3.63) is 30.1 Å². The van der Waals surface area contributed by atoms with E-state index in [1.54, 1.807) is 0 Å². The number of carboxylic acid groups (broad SMARTS) is 1. The fourth-order valence-electron chi connectivity index (χ4n) is 1.82. The van der Waals surface area contributed by atoms with E-state index in [1.807, 2.05) is 0 Å². The van der Waals surface area contributed by atoms with Crippen LogP contribution in [-0.2, 0) is 9.53 Å². The number of amides is 1. The van der Waals surface area contributed by atoms with Crippen LogP contribution in [0.2, 0.25) is 0 Å². The quantitative estimate of drug-likeness (QED) is 0.894. The van der Waals surface area contributed by atoms with Crippen LogP contribution >= 0.6 is 0 Å². The van der Waals surface area contributed by atoms with Crippen LogP contribution in [0, 0.1) is 5.82 Å². The van der Waals surface area contributed by atoms with E-state index in [0.717, 1.165) is 0 Å². The summed E-state index contributed by atoms with van der Waals surface area (Å²) in [5.74, 6) is -1.38. The molecule has 6 heteroatoms. The van der Waals surface area contributed by atoms with Crippen LogP contribution in [-0.4, -0.2) is 29.8 Å². The third-order valence-electron chi connectivity index (χ3n) is 2.70. The molecular formula is C12H12FNO4. The molecule has 1 N–H and O–H groups in total.